The average molecular weight is 416 g/mol. The third-order valence-corrected chi connectivity index (χ3v) is 4.47. The van der Waals surface area contributed by atoms with Gasteiger partial charge in [-0.25, -0.2) is 15.0 Å². The number of nitrogens with zero attached hydrogens (tertiary/aromatic N) is 4. The third kappa shape index (κ3) is 3.97. The molecular formula is C20H13ClF3N5. The molecule has 4 heterocycles. The van der Waals surface area contributed by atoms with Crippen LogP contribution < -0.4 is 5.32 Å². The summed E-state index contributed by atoms with van der Waals surface area (Å²) in [6, 6.07) is 9.30. The van der Waals surface area contributed by atoms with Gasteiger partial charge in [0.1, 0.15) is 11.5 Å². The topological polar surface area (TPSA) is 63.6 Å². The Morgan fingerprint density at radius 2 is 1.79 bits per heavy atom. The van der Waals surface area contributed by atoms with E-state index in [-0.39, 0.29) is 5.82 Å². The van der Waals surface area contributed by atoms with E-state index in [4.69, 9.17) is 11.6 Å². The molecule has 0 bridgehead atoms. The quantitative estimate of drug-likeness (QED) is 0.457. The molecule has 4 aromatic rings. The summed E-state index contributed by atoms with van der Waals surface area (Å²) in [6.45, 7) is 1.89. The smallest absolute Gasteiger partial charge is 0.340 e. The molecule has 1 N–H and O–H groups in total. The highest BCUT2D eigenvalue weighted by Crippen LogP contribution is 2.31. The summed E-state index contributed by atoms with van der Waals surface area (Å²) in [5, 5.41) is 4.17. The first-order valence-electron chi connectivity index (χ1n) is 8.50. The van der Waals surface area contributed by atoms with Gasteiger partial charge in [-0.1, -0.05) is 11.6 Å². The van der Waals surface area contributed by atoms with Gasteiger partial charge in [0.15, 0.2) is 5.65 Å². The van der Waals surface area contributed by atoms with Crippen molar-refractivity contribution in [2.75, 3.05) is 5.32 Å². The van der Waals surface area contributed by atoms with Crippen molar-refractivity contribution < 1.29 is 13.2 Å². The van der Waals surface area contributed by atoms with Crippen molar-refractivity contribution in [1.29, 1.82) is 0 Å². The molecule has 4 aromatic heterocycles. The number of aromatic nitrogens is 4. The Morgan fingerprint density at radius 1 is 0.966 bits per heavy atom. The van der Waals surface area contributed by atoms with Gasteiger partial charge in [-0.2, -0.15) is 13.2 Å². The van der Waals surface area contributed by atoms with Crippen molar-refractivity contribution >= 4 is 34.1 Å². The molecule has 4 rings (SSSR count). The number of halogens is 4. The number of hydrogen-bond acceptors (Lipinski definition) is 5. The highest BCUT2D eigenvalue weighted by molar-refractivity contribution is 6.33. The van der Waals surface area contributed by atoms with Gasteiger partial charge in [-0.15, -0.1) is 0 Å². The van der Waals surface area contributed by atoms with Crippen molar-refractivity contribution in [2.24, 2.45) is 0 Å². The van der Waals surface area contributed by atoms with Gasteiger partial charge in [0, 0.05) is 24.0 Å². The van der Waals surface area contributed by atoms with Crippen LogP contribution in [0.25, 0.3) is 22.4 Å². The van der Waals surface area contributed by atoms with E-state index >= 15 is 0 Å². The Hall–Kier alpha value is -3.26. The zero-order chi connectivity index (χ0) is 20.6. The molecule has 0 fully saturated rings. The van der Waals surface area contributed by atoms with Gasteiger partial charge in [-0.05, 0) is 48.9 Å². The Morgan fingerprint density at radius 3 is 2.48 bits per heavy atom. The molecule has 0 atom stereocenters. The van der Waals surface area contributed by atoms with Crippen molar-refractivity contribution in [3.05, 3.63) is 71.1 Å². The summed E-state index contributed by atoms with van der Waals surface area (Å²) in [4.78, 5) is 17.0. The van der Waals surface area contributed by atoms with Gasteiger partial charge in [0.25, 0.3) is 0 Å². The van der Waals surface area contributed by atoms with E-state index in [0.29, 0.717) is 33.1 Å². The van der Waals surface area contributed by atoms with Crippen molar-refractivity contribution in [3.63, 3.8) is 0 Å². The normalized spacial score (nSPS) is 11.6. The van der Waals surface area contributed by atoms with Gasteiger partial charge in [0.05, 0.1) is 22.0 Å². The van der Waals surface area contributed by atoms with Crippen molar-refractivity contribution in [2.45, 2.75) is 13.1 Å². The van der Waals surface area contributed by atoms with Crippen LogP contribution in [0, 0.1) is 6.92 Å². The van der Waals surface area contributed by atoms with Crippen molar-refractivity contribution in [1.82, 2.24) is 19.9 Å². The molecule has 0 saturated heterocycles. The first-order valence-corrected chi connectivity index (χ1v) is 8.87. The Bertz CT molecular complexity index is 1190. The maximum Gasteiger partial charge on any atom is 0.417 e. The first kappa shape index (κ1) is 19.1. The number of nitrogens with one attached hydrogen (secondary N) is 1. The predicted octanol–water partition coefficient (Wildman–Crippen LogP) is 5.81. The summed E-state index contributed by atoms with van der Waals surface area (Å²) in [5.41, 5.74) is 2.30. The number of aryl methyl sites for hydroxylation is 1. The molecule has 0 aliphatic rings. The molecule has 146 valence electrons. The van der Waals surface area contributed by atoms with Crippen LogP contribution in [0.2, 0.25) is 5.02 Å². The third-order valence-electron chi connectivity index (χ3n) is 4.18. The monoisotopic (exact) mass is 415 g/mol. The zero-order valence-corrected chi connectivity index (χ0v) is 15.8. The average Bonchev–Trinajstić information content (AvgIpc) is 2.67. The van der Waals surface area contributed by atoms with E-state index in [1.54, 1.807) is 36.7 Å². The van der Waals surface area contributed by atoms with Crippen LogP contribution in [0.3, 0.4) is 0 Å². The molecule has 0 unspecified atom stereocenters. The number of anilines is 2. The SMILES string of the molecule is Cc1cnc(-c2ccc3c(Nc4ccc(C(F)(F)F)cn4)ccnc3n2)c(Cl)c1. The van der Waals surface area contributed by atoms with E-state index in [2.05, 4.69) is 25.3 Å². The summed E-state index contributed by atoms with van der Waals surface area (Å²) in [7, 11) is 0. The van der Waals surface area contributed by atoms with E-state index < -0.39 is 11.7 Å². The van der Waals surface area contributed by atoms with E-state index in [0.717, 1.165) is 17.8 Å². The summed E-state index contributed by atoms with van der Waals surface area (Å²) in [5.74, 6) is 0.276. The summed E-state index contributed by atoms with van der Waals surface area (Å²) in [6.07, 6.45) is -0.391. The molecule has 0 radical (unpaired) electrons. The lowest BCUT2D eigenvalue weighted by molar-refractivity contribution is -0.137. The highest BCUT2D eigenvalue weighted by Gasteiger charge is 2.30. The molecule has 9 heteroatoms. The molecule has 0 saturated carbocycles. The first-order chi connectivity index (χ1) is 13.8. The zero-order valence-electron chi connectivity index (χ0n) is 15.0. The van der Waals surface area contributed by atoms with Crippen LogP contribution in [0.5, 0.6) is 0 Å². The maximum atomic E-state index is 12.7. The molecule has 0 aliphatic carbocycles. The van der Waals surface area contributed by atoms with E-state index in [1.165, 1.54) is 6.07 Å². The fraction of sp³-hybridized carbons (Fsp3) is 0.100. The van der Waals surface area contributed by atoms with Crippen LogP contribution in [0.15, 0.2) is 55.0 Å². The van der Waals surface area contributed by atoms with E-state index in [1.807, 2.05) is 6.92 Å². The number of alkyl halides is 3. The molecule has 5 nitrogen and oxygen atoms in total. The fourth-order valence-corrected chi connectivity index (χ4v) is 3.08. The summed E-state index contributed by atoms with van der Waals surface area (Å²) < 4.78 is 38.1. The van der Waals surface area contributed by atoms with Crippen LogP contribution in [-0.2, 0) is 6.18 Å². The van der Waals surface area contributed by atoms with Crippen molar-refractivity contribution in [3.8, 4) is 11.4 Å². The summed E-state index contributed by atoms with van der Waals surface area (Å²) >= 11 is 6.28. The molecular weight excluding hydrogens is 403 g/mol. The van der Waals surface area contributed by atoms with E-state index in [9.17, 15) is 13.2 Å². The van der Waals surface area contributed by atoms with Crippen LogP contribution in [-0.4, -0.2) is 19.9 Å². The van der Waals surface area contributed by atoms with Crippen LogP contribution in [0.1, 0.15) is 11.1 Å². The Kier molecular flexibility index (Phi) is 4.79. The maximum absolute atomic E-state index is 12.7. The molecule has 0 amide bonds. The second-order valence-corrected chi connectivity index (χ2v) is 6.73. The van der Waals surface area contributed by atoms with Gasteiger partial charge < -0.3 is 5.32 Å². The van der Waals surface area contributed by atoms with Gasteiger partial charge >= 0.3 is 6.18 Å². The molecule has 0 aliphatic heterocycles. The Balaban J connectivity index is 1.68. The van der Waals surface area contributed by atoms with Crippen LogP contribution >= 0.6 is 11.6 Å². The predicted molar refractivity (Wildman–Crippen MR) is 105 cm³/mol. The highest BCUT2D eigenvalue weighted by atomic mass is 35.5. The molecule has 29 heavy (non-hydrogen) atoms. The number of fused-ring (bicyclic) bond motifs is 1. The number of rotatable bonds is 3. The second-order valence-electron chi connectivity index (χ2n) is 6.32. The number of pyridine rings is 4. The number of hydrogen-bond donors (Lipinski definition) is 1. The lowest BCUT2D eigenvalue weighted by atomic mass is 10.1. The molecule has 0 spiro atoms. The Labute approximate surface area is 168 Å². The van der Waals surface area contributed by atoms with Gasteiger partial charge in [0.2, 0.25) is 0 Å². The lowest BCUT2D eigenvalue weighted by Crippen LogP contribution is -2.06. The lowest BCUT2D eigenvalue weighted by Gasteiger charge is -2.11. The second kappa shape index (κ2) is 7.29. The minimum atomic E-state index is -4.43. The minimum Gasteiger partial charge on any atom is -0.340 e. The molecule has 0 aromatic carbocycles. The standard InChI is InChI=1S/C20H13ClF3N5/c1-11-8-14(21)18(27-9-11)16-4-3-13-15(6-7-25-19(13)29-16)28-17-5-2-12(10-26-17)20(22,23)24/h2-10H,1H3,(H,25,26,28,29). The fourth-order valence-electron chi connectivity index (χ4n) is 2.77. The minimum absolute atomic E-state index is 0.276. The largest absolute Gasteiger partial charge is 0.417 e. The van der Waals surface area contributed by atoms with Gasteiger partial charge in [-0.3, -0.25) is 4.98 Å². The van der Waals surface area contributed by atoms with Crippen LogP contribution in [0.4, 0.5) is 24.7 Å².